The largest absolute Gasteiger partial charge is 0.477 e. The van der Waals surface area contributed by atoms with Crippen LogP contribution in [-0.4, -0.2) is 48.9 Å². The van der Waals surface area contributed by atoms with Crippen molar-refractivity contribution >= 4 is 39.1 Å². The van der Waals surface area contributed by atoms with Gasteiger partial charge in [0.1, 0.15) is 4.88 Å². The molecule has 0 radical (unpaired) electrons. The third-order valence-electron chi connectivity index (χ3n) is 3.08. The number of nitrogens with zero attached hydrogens (tertiary/aromatic N) is 1. The van der Waals surface area contributed by atoms with Crippen LogP contribution in [0.3, 0.4) is 0 Å². The number of thioether (sulfide) groups is 1. The zero-order chi connectivity index (χ0) is 15.5. The summed E-state index contributed by atoms with van der Waals surface area (Å²) >= 11 is 2.58. The van der Waals surface area contributed by atoms with Gasteiger partial charge in [-0.25, -0.2) is 13.2 Å². The molecule has 0 spiro atoms. The maximum absolute atomic E-state index is 12.6. The van der Waals surface area contributed by atoms with Gasteiger partial charge in [-0.15, -0.1) is 11.3 Å². The second kappa shape index (κ2) is 6.93. The van der Waals surface area contributed by atoms with Gasteiger partial charge in [0.05, 0.1) is 4.90 Å². The van der Waals surface area contributed by atoms with Crippen LogP contribution in [0.15, 0.2) is 11.0 Å². The smallest absolute Gasteiger partial charge is 0.345 e. The summed E-state index contributed by atoms with van der Waals surface area (Å²) in [6, 6.07) is 1.16. The van der Waals surface area contributed by atoms with Crippen LogP contribution < -0.4 is 0 Å². The molecule has 0 bridgehead atoms. The maximum atomic E-state index is 12.6. The van der Waals surface area contributed by atoms with Gasteiger partial charge in [0.15, 0.2) is 0 Å². The van der Waals surface area contributed by atoms with Crippen LogP contribution in [-0.2, 0) is 10.0 Å². The highest BCUT2D eigenvalue weighted by atomic mass is 32.2. The number of aromatic carboxylic acids is 1. The van der Waals surface area contributed by atoms with E-state index in [1.807, 2.05) is 13.2 Å². The summed E-state index contributed by atoms with van der Waals surface area (Å²) in [6.07, 6.45) is 2.65. The molecule has 0 aliphatic heterocycles. The van der Waals surface area contributed by atoms with E-state index in [1.54, 1.807) is 25.7 Å². The van der Waals surface area contributed by atoms with Crippen molar-refractivity contribution in [1.29, 1.82) is 0 Å². The number of carbonyl (C=O) groups is 1. The van der Waals surface area contributed by atoms with E-state index in [4.69, 9.17) is 5.11 Å². The quantitative estimate of drug-likeness (QED) is 0.827. The third-order valence-corrected chi connectivity index (χ3v) is 7.01. The van der Waals surface area contributed by atoms with Gasteiger partial charge >= 0.3 is 5.97 Å². The molecular weight excluding hydrogens is 318 g/mol. The lowest BCUT2D eigenvalue weighted by molar-refractivity contribution is 0.0702. The van der Waals surface area contributed by atoms with E-state index in [1.165, 1.54) is 10.4 Å². The Morgan fingerprint density at radius 3 is 2.55 bits per heavy atom. The first-order valence-corrected chi connectivity index (χ1v) is 9.71. The van der Waals surface area contributed by atoms with Crippen LogP contribution in [0.4, 0.5) is 0 Å². The van der Waals surface area contributed by atoms with Gasteiger partial charge in [-0.3, -0.25) is 0 Å². The highest BCUT2D eigenvalue weighted by Gasteiger charge is 2.30. The minimum Gasteiger partial charge on any atom is -0.477 e. The lowest BCUT2D eigenvalue weighted by Crippen LogP contribution is -2.38. The minimum absolute atomic E-state index is 0.0485. The summed E-state index contributed by atoms with van der Waals surface area (Å²) in [6.45, 7) is 3.57. The van der Waals surface area contributed by atoms with Gasteiger partial charge in [-0.2, -0.15) is 16.1 Å². The van der Waals surface area contributed by atoms with E-state index in [-0.39, 0.29) is 15.8 Å². The van der Waals surface area contributed by atoms with E-state index >= 15 is 0 Å². The first-order chi connectivity index (χ1) is 9.25. The van der Waals surface area contributed by atoms with Crippen molar-refractivity contribution in [3.8, 4) is 0 Å². The van der Waals surface area contributed by atoms with Gasteiger partial charge in [0.25, 0.3) is 0 Å². The van der Waals surface area contributed by atoms with Gasteiger partial charge in [0, 0.05) is 23.7 Å². The molecule has 0 aliphatic rings. The van der Waals surface area contributed by atoms with Crippen molar-refractivity contribution in [3.05, 3.63) is 15.8 Å². The molecule has 5 nitrogen and oxygen atoms in total. The Bertz CT molecular complexity index is 580. The molecule has 20 heavy (non-hydrogen) atoms. The highest BCUT2D eigenvalue weighted by Crippen LogP contribution is 2.29. The van der Waals surface area contributed by atoms with Gasteiger partial charge in [-0.05, 0) is 25.7 Å². The number of sulfonamides is 1. The fourth-order valence-electron chi connectivity index (χ4n) is 1.85. The maximum Gasteiger partial charge on any atom is 0.345 e. The molecule has 0 aromatic carbocycles. The molecule has 114 valence electrons. The average Bonchev–Trinajstić information content (AvgIpc) is 2.78. The molecule has 1 unspecified atom stereocenters. The van der Waals surface area contributed by atoms with Crippen LogP contribution >= 0.6 is 23.1 Å². The summed E-state index contributed by atoms with van der Waals surface area (Å²) in [4.78, 5) is 11.6. The predicted octanol–water partition coefficient (Wildman–Crippen LogP) is 2.52. The van der Waals surface area contributed by atoms with Crippen LogP contribution in [0, 0.1) is 6.92 Å². The lowest BCUT2D eigenvalue weighted by Gasteiger charge is -2.25. The number of carboxylic acid groups (broad SMARTS) is 1. The number of thiophene rings is 1. The Hall–Kier alpha value is -0.570. The molecule has 1 heterocycles. The Labute approximate surface area is 128 Å². The summed E-state index contributed by atoms with van der Waals surface area (Å²) < 4.78 is 26.5. The molecule has 0 fully saturated rings. The summed E-state index contributed by atoms with van der Waals surface area (Å²) in [5.41, 5.74) is 0. The SMILES string of the molecule is CCC(CSC)N(C)S(=O)(=O)c1cc(C(=O)O)sc1C. The molecule has 0 amide bonds. The zero-order valence-electron chi connectivity index (χ0n) is 11.9. The fraction of sp³-hybridized carbons (Fsp3) is 0.583. The van der Waals surface area contributed by atoms with E-state index in [9.17, 15) is 13.2 Å². The molecule has 1 N–H and O–H groups in total. The molecule has 1 rings (SSSR count). The van der Waals surface area contributed by atoms with Crippen LogP contribution in [0.2, 0.25) is 0 Å². The van der Waals surface area contributed by atoms with Gasteiger partial charge in [0.2, 0.25) is 10.0 Å². The van der Waals surface area contributed by atoms with Crippen molar-refractivity contribution in [3.63, 3.8) is 0 Å². The number of aryl methyl sites for hydroxylation is 1. The normalized spacial score (nSPS) is 13.7. The molecule has 1 atom stereocenters. The van der Waals surface area contributed by atoms with Gasteiger partial charge in [-0.1, -0.05) is 6.92 Å². The number of hydrogen-bond donors (Lipinski definition) is 1. The molecule has 1 aromatic rings. The van der Waals surface area contributed by atoms with Crippen LogP contribution in [0.1, 0.15) is 27.9 Å². The Morgan fingerprint density at radius 2 is 2.15 bits per heavy atom. The summed E-state index contributed by atoms with van der Waals surface area (Å²) in [5.74, 6) is -0.389. The Balaban J connectivity index is 3.19. The minimum atomic E-state index is -3.65. The lowest BCUT2D eigenvalue weighted by atomic mass is 10.3. The summed E-state index contributed by atoms with van der Waals surface area (Å²) in [5, 5.41) is 8.97. The topological polar surface area (TPSA) is 74.7 Å². The van der Waals surface area contributed by atoms with Crippen molar-refractivity contribution < 1.29 is 18.3 Å². The molecule has 0 aliphatic carbocycles. The molecule has 0 saturated carbocycles. The fourth-order valence-corrected chi connectivity index (χ4v) is 5.61. The van der Waals surface area contributed by atoms with Crippen LogP contribution in [0.5, 0.6) is 0 Å². The van der Waals surface area contributed by atoms with Crippen LogP contribution in [0.25, 0.3) is 0 Å². The highest BCUT2D eigenvalue weighted by molar-refractivity contribution is 7.98. The molecular formula is C12H19NO4S3. The number of rotatable bonds is 7. The molecule has 1 aromatic heterocycles. The second-order valence-corrected chi connectivity index (χ2v) is 8.51. The van der Waals surface area contributed by atoms with Crippen molar-refractivity contribution in [2.75, 3.05) is 19.1 Å². The van der Waals surface area contributed by atoms with E-state index in [2.05, 4.69) is 0 Å². The Morgan fingerprint density at radius 1 is 1.55 bits per heavy atom. The van der Waals surface area contributed by atoms with E-state index in [0.717, 1.165) is 11.3 Å². The number of carboxylic acids is 1. The van der Waals surface area contributed by atoms with Crippen molar-refractivity contribution in [2.45, 2.75) is 31.2 Å². The van der Waals surface area contributed by atoms with Gasteiger partial charge < -0.3 is 5.11 Å². The third kappa shape index (κ3) is 3.55. The van der Waals surface area contributed by atoms with E-state index in [0.29, 0.717) is 17.1 Å². The average molecular weight is 337 g/mol. The second-order valence-electron chi connectivity index (χ2n) is 4.37. The first-order valence-electron chi connectivity index (χ1n) is 6.06. The molecule has 8 heteroatoms. The first kappa shape index (κ1) is 17.5. The van der Waals surface area contributed by atoms with E-state index < -0.39 is 16.0 Å². The standard InChI is InChI=1S/C12H19NO4S3/c1-5-9(7-18-4)13(3)20(16,17)11-6-10(12(14)15)19-8(11)2/h6,9H,5,7H2,1-4H3,(H,14,15). The van der Waals surface area contributed by atoms with Crippen molar-refractivity contribution in [1.82, 2.24) is 4.31 Å². The summed E-state index contributed by atoms with van der Waals surface area (Å²) in [7, 11) is -2.10. The zero-order valence-corrected chi connectivity index (χ0v) is 14.4. The monoisotopic (exact) mass is 337 g/mol. The van der Waals surface area contributed by atoms with Crippen molar-refractivity contribution in [2.24, 2.45) is 0 Å². The Kier molecular flexibility index (Phi) is 6.06. The number of hydrogen-bond acceptors (Lipinski definition) is 5. The molecule has 0 saturated heterocycles. The predicted molar refractivity (Wildman–Crippen MR) is 83.4 cm³/mol.